The Bertz CT molecular complexity index is 1170. The van der Waals surface area contributed by atoms with Crippen LogP contribution in [0.4, 0.5) is 5.69 Å². The Morgan fingerprint density at radius 3 is 2.45 bits per heavy atom. The SMILES string of the molecule is COc1ccc(CN(CC(=O)NC2CCCCC2)C(=O)C[S@@](=O)CC(=O)Nc2ccc3c(c2)OCO3)cc1. The minimum Gasteiger partial charge on any atom is -0.497 e. The number of carbonyl (C=O) groups excluding carboxylic acids is 3. The Hall–Kier alpha value is -3.60. The van der Waals surface area contributed by atoms with Gasteiger partial charge >= 0.3 is 0 Å². The average molecular weight is 544 g/mol. The topological polar surface area (TPSA) is 123 Å². The first-order chi connectivity index (χ1) is 18.4. The molecule has 1 atom stereocenters. The van der Waals surface area contributed by atoms with Crippen molar-refractivity contribution < 1.29 is 32.8 Å². The van der Waals surface area contributed by atoms with Crippen molar-refractivity contribution >= 4 is 34.2 Å². The third-order valence-corrected chi connectivity index (χ3v) is 7.58. The molecule has 2 aromatic carbocycles. The highest BCUT2D eigenvalue weighted by molar-refractivity contribution is 7.86. The van der Waals surface area contributed by atoms with Crippen LogP contribution in [0.5, 0.6) is 17.2 Å². The van der Waals surface area contributed by atoms with E-state index in [-0.39, 0.29) is 43.3 Å². The lowest BCUT2D eigenvalue weighted by Gasteiger charge is -2.26. The first-order valence-electron chi connectivity index (χ1n) is 12.6. The van der Waals surface area contributed by atoms with Crippen LogP contribution in [-0.4, -0.2) is 64.8 Å². The fraction of sp³-hybridized carbons (Fsp3) is 0.444. The third-order valence-electron chi connectivity index (χ3n) is 6.42. The van der Waals surface area contributed by atoms with E-state index >= 15 is 0 Å². The molecule has 2 aromatic rings. The van der Waals surface area contributed by atoms with Crippen LogP contribution < -0.4 is 24.8 Å². The molecule has 0 bridgehead atoms. The number of nitrogens with zero attached hydrogens (tertiary/aromatic N) is 1. The summed E-state index contributed by atoms with van der Waals surface area (Å²) in [6, 6.07) is 12.2. The number of carbonyl (C=O) groups is 3. The van der Waals surface area contributed by atoms with Gasteiger partial charge in [-0.3, -0.25) is 18.6 Å². The van der Waals surface area contributed by atoms with Gasteiger partial charge < -0.3 is 29.7 Å². The molecule has 2 aliphatic rings. The predicted octanol–water partition coefficient (Wildman–Crippen LogP) is 2.59. The van der Waals surface area contributed by atoms with E-state index in [1.54, 1.807) is 37.4 Å². The maximum Gasteiger partial charge on any atom is 0.239 e. The Morgan fingerprint density at radius 1 is 0.974 bits per heavy atom. The Balaban J connectivity index is 1.34. The second-order valence-electron chi connectivity index (χ2n) is 9.35. The molecule has 10 nitrogen and oxygen atoms in total. The van der Waals surface area contributed by atoms with E-state index in [4.69, 9.17) is 14.2 Å². The zero-order chi connectivity index (χ0) is 26.9. The molecule has 0 unspecified atom stereocenters. The number of nitrogens with one attached hydrogen (secondary N) is 2. The van der Waals surface area contributed by atoms with Gasteiger partial charge in [0.15, 0.2) is 11.5 Å². The van der Waals surface area contributed by atoms with Gasteiger partial charge in [0, 0.05) is 35.1 Å². The summed E-state index contributed by atoms with van der Waals surface area (Å²) in [6.45, 7) is 0.133. The van der Waals surface area contributed by atoms with E-state index in [0.29, 0.717) is 22.9 Å². The second kappa shape index (κ2) is 13.3. The largest absolute Gasteiger partial charge is 0.497 e. The molecule has 1 saturated carbocycles. The van der Waals surface area contributed by atoms with E-state index in [0.717, 1.165) is 31.2 Å². The highest BCUT2D eigenvalue weighted by Crippen LogP contribution is 2.34. The molecule has 0 radical (unpaired) electrons. The van der Waals surface area contributed by atoms with Gasteiger partial charge in [0.2, 0.25) is 24.5 Å². The van der Waals surface area contributed by atoms with Gasteiger partial charge in [-0.25, -0.2) is 0 Å². The normalized spacial score (nSPS) is 15.4. The molecule has 11 heteroatoms. The third kappa shape index (κ3) is 7.95. The number of hydrogen-bond acceptors (Lipinski definition) is 7. The number of rotatable bonds is 11. The van der Waals surface area contributed by atoms with Crippen molar-refractivity contribution in [3.63, 3.8) is 0 Å². The first kappa shape index (κ1) is 27.4. The summed E-state index contributed by atoms with van der Waals surface area (Å²) in [7, 11) is -0.201. The number of benzene rings is 2. The second-order valence-corrected chi connectivity index (χ2v) is 10.8. The lowest BCUT2D eigenvalue weighted by Crippen LogP contribution is -2.45. The predicted molar refractivity (Wildman–Crippen MR) is 142 cm³/mol. The molecular weight excluding hydrogens is 510 g/mol. The Morgan fingerprint density at radius 2 is 1.71 bits per heavy atom. The van der Waals surface area contributed by atoms with Crippen LogP contribution in [0.2, 0.25) is 0 Å². The summed E-state index contributed by atoms with van der Waals surface area (Å²) in [5.74, 6) is -0.157. The average Bonchev–Trinajstić information content (AvgIpc) is 3.37. The zero-order valence-corrected chi connectivity index (χ0v) is 22.2. The molecule has 0 aromatic heterocycles. The van der Waals surface area contributed by atoms with E-state index < -0.39 is 22.6 Å². The van der Waals surface area contributed by atoms with Gasteiger partial charge in [-0.1, -0.05) is 31.4 Å². The number of anilines is 1. The summed E-state index contributed by atoms with van der Waals surface area (Å²) < 4.78 is 28.5. The maximum atomic E-state index is 13.1. The lowest BCUT2D eigenvalue weighted by molar-refractivity contribution is -0.135. The van der Waals surface area contributed by atoms with Crippen LogP contribution in [0.25, 0.3) is 0 Å². The molecule has 0 saturated heterocycles. The number of hydrogen-bond donors (Lipinski definition) is 2. The molecule has 0 spiro atoms. The van der Waals surface area contributed by atoms with Crippen LogP contribution in [0.15, 0.2) is 42.5 Å². The number of ether oxygens (including phenoxy) is 3. The van der Waals surface area contributed by atoms with Gasteiger partial charge in [-0.2, -0.15) is 0 Å². The van der Waals surface area contributed by atoms with Crippen molar-refractivity contribution in [1.29, 1.82) is 0 Å². The standard InChI is InChI=1S/C27H33N3O7S/c1-35-22-10-7-19(8-11-22)14-30(15-25(31)28-20-5-3-2-4-6-20)27(33)17-38(34)16-26(32)29-21-9-12-23-24(13-21)37-18-36-23/h7-13,20H,2-6,14-18H2,1H3,(H,28,31)(H,29,32)/t38-/m0/s1. The van der Waals surface area contributed by atoms with Gasteiger partial charge in [0.1, 0.15) is 17.3 Å². The lowest BCUT2D eigenvalue weighted by atomic mass is 9.95. The number of fused-ring (bicyclic) bond motifs is 1. The smallest absolute Gasteiger partial charge is 0.239 e. The number of amides is 3. The van der Waals surface area contributed by atoms with Crippen LogP contribution in [0.1, 0.15) is 37.7 Å². The van der Waals surface area contributed by atoms with Crippen LogP contribution in [0.3, 0.4) is 0 Å². The summed E-state index contributed by atoms with van der Waals surface area (Å²) in [5.41, 5.74) is 1.28. The molecular formula is C27H33N3O7S. The Labute approximate surface area is 224 Å². The van der Waals surface area contributed by atoms with E-state index in [1.165, 1.54) is 11.3 Å². The van der Waals surface area contributed by atoms with Gasteiger partial charge in [-0.05, 0) is 42.7 Å². The molecule has 4 rings (SSSR count). The summed E-state index contributed by atoms with van der Waals surface area (Å²) >= 11 is 0. The fourth-order valence-electron chi connectivity index (χ4n) is 4.47. The highest BCUT2D eigenvalue weighted by atomic mass is 32.2. The van der Waals surface area contributed by atoms with Crippen molar-refractivity contribution in [1.82, 2.24) is 10.2 Å². The molecule has 1 fully saturated rings. The van der Waals surface area contributed by atoms with Crippen molar-refractivity contribution in [2.24, 2.45) is 0 Å². The Kier molecular flexibility index (Phi) is 9.58. The molecule has 38 heavy (non-hydrogen) atoms. The maximum absolute atomic E-state index is 13.1. The van der Waals surface area contributed by atoms with Crippen molar-refractivity contribution in [2.45, 2.75) is 44.7 Å². The molecule has 204 valence electrons. The first-order valence-corrected chi connectivity index (χ1v) is 14.1. The molecule has 2 N–H and O–H groups in total. The quantitative estimate of drug-likeness (QED) is 0.447. The van der Waals surface area contributed by atoms with Crippen molar-refractivity contribution in [3.05, 3.63) is 48.0 Å². The van der Waals surface area contributed by atoms with Crippen molar-refractivity contribution in [3.8, 4) is 17.2 Å². The molecule has 1 aliphatic heterocycles. The van der Waals surface area contributed by atoms with Gasteiger partial charge in [-0.15, -0.1) is 0 Å². The van der Waals surface area contributed by atoms with E-state index in [1.807, 2.05) is 12.1 Å². The monoisotopic (exact) mass is 543 g/mol. The van der Waals surface area contributed by atoms with E-state index in [2.05, 4.69) is 10.6 Å². The highest BCUT2D eigenvalue weighted by Gasteiger charge is 2.23. The number of methoxy groups -OCH3 is 1. The summed E-state index contributed by atoms with van der Waals surface area (Å²) in [4.78, 5) is 39.8. The van der Waals surface area contributed by atoms with Crippen LogP contribution >= 0.6 is 0 Å². The molecule has 3 amide bonds. The fourth-order valence-corrected chi connectivity index (χ4v) is 5.40. The van der Waals surface area contributed by atoms with Crippen molar-refractivity contribution in [2.75, 3.05) is 37.3 Å². The molecule has 1 heterocycles. The minimum atomic E-state index is -1.77. The minimum absolute atomic E-state index is 0.114. The van der Waals surface area contributed by atoms with E-state index in [9.17, 15) is 18.6 Å². The van der Waals surface area contributed by atoms with Gasteiger partial charge in [0.05, 0.1) is 13.7 Å². The summed E-state index contributed by atoms with van der Waals surface area (Å²) in [5, 5.41) is 5.69. The van der Waals surface area contributed by atoms with Crippen LogP contribution in [0, 0.1) is 0 Å². The zero-order valence-electron chi connectivity index (χ0n) is 21.4. The van der Waals surface area contributed by atoms with Gasteiger partial charge in [0.25, 0.3) is 0 Å². The summed E-state index contributed by atoms with van der Waals surface area (Å²) in [6.07, 6.45) is 5.18. The van der Waals surface area contributed by atoms with Crippen LogP contribution in [-0.2, 0) is 31.7 Å². The molecule has 1 aliphatic carbocycles.